The highest BCUT2D eigenvalue weighted by molar-refractivity contribution is 7.14. The predicted octanol–water partition coefficient (Wildman–Crippen LogP) is 3.48. The Bertz CT molecular complexity index is 1080. The van der Waals surface area contributed by atoms with E-state index in [1.807, 2.05) is 38.2 Å². The number of hydrogen-bond donors (Lipinski definition) is 2. The van der Waals surface area contributed by atoms with Crippen molar-refractivity contribution in [1.82, 2.24) is 25.1 Å². The molecule has 0 saturated heterocycles. The summed E-state index contributed by atoms with van der Waals surface area (Å²) in [5.74, 6) is 0.730. The van der Waals surface area contributed by atoms with Gasteiger partial charge in [-0.15, -0.1) is 11.3 Å². The summed E-state index contributed by atoms with van der Waals surface area (Å²) >= 11 is 1.57. The number of aromatic nitrogens is 5. The third-order valence-corrected chi connectivity index (χ3v) is 4.84. The SMILES string of the molecule is Cc1ccc(CNc2ncnc3c(O)cc(-c4ncc(C)s4)cc23)nn1. The van der Waals surface area contributed by atoms with E-state index >= 15 is 0 Å². The van der Waals surface area contributed by atoms with Gasteiger partial charge in [0.1, 0.15) is 28.4 Å². The van der Waals surface area contributed by atoms with E-state index in [4.69, 9.17) is 0 Å². The molecule has 0 atom stereocenters. The Hall–Kier alpha value is -3.13. The molecule has 0 aliphatic carbocycles. The van der Waals surface area contributed by atoms with Gasteiger partial charge in [-0.25, -0.2) is 15.0 Å². The van der Waals surface area contributed by atoms with Crippen molar-refractivity contribution in [2.75, 3.05) is 5.32 Å². The molecule has 8 heteroatoms. The highest BCUT2D eigenvalue weighted by atomic mass is 32.1. The Morgan fingerprint density at radius 3 is 2.69 bits per heavy atom. The van der Waals surface area contributed by atoms with E-state index in [1.54, 1.807) is 17.4 Å². The maximum atomic E-state index is 10.4. The molecule has 0 amide bonds. The molecule has 0 bridgehead atoms. The quantitative estimate of drug-likeness (QED) is 0.572. The van der Waals surface area contributed by atoms with Crippen LogP contribution in [0.25, 0.3) is 21.5 Å². The van der Waals surface area contributed by atoms with Crippen LogP contribution in [-0.4, -0.2) is 30.3 Å². The standard InChI is InChI=1S/C18H16N6OS/c1-10-3-4-13(24-23-10)8-19-17-14-5-12(18-20-7-11(2)26-18)6-15(25)16(14)21-9-22-17/h3-7,9,25H,8H2,1-2H3,(H,19,21,22). The second-order valence-corrected chi connectivity index (χ2v) is 7.14. The molecule has 7 nitrogen and oxygen atoms in total. The second kappa shape index (κ2) is 6.64. The molecule has 4 aromatic rings. The number of hydrogen-bond acceptors (Lipinski definition) is 8. The molecule has 2 N–H and O–H groups in total. The minimum atomic E-state index is 0.103. The van der Waals surface area contributed by atoms with Crippen LogP contribution in [0.3, 0.4) is 0 Å². The smallest absolute Gasteiger partial charge is 0.142 e. The maximum Gasteiger partial charge on any atom is 0.142 e. The Labute approximate surface area is 153 Å². The number of phenols is 1. The van der Waals surface area contributed by atoms with Crippen LogP contribution in [0.2, 0.25) is 0 Å². The Balaban J connectivity index is 1.72. The van der Waals surface area contributed by atoms with E-state index in [9.17, 15) is 5.11 Å². The van der Waals surface area contributed by atoms with Crippen molar-refractivity contribution in [3.63, 3.8) is 0 Å². The van der Waals surface area contributed by atoms with Gasteiger partial charge in [0.25, 0.3) is 0 Å². The van der Waals surface area contributed by atoms with E-state index in [0.29, 0.717) is 17.9 Å². The molecular formula is C18H16N6OS. The van der Waals surface area contributed by atoms with Crippen molar-refractivity contribution in [3.8, 4) is 16.3 Å². The highest BCUT2D eigenvalue weighted by Crippen LogP contribution is 2.34. The summed E-state index contributed by atoms with van der Waals surface area (Å²) in [6.45, 7) is 4.37. The fraction of sp³-hybridized carbons (Fsp3) is 0.167. The van der Waals surface area contributed by atoms with Crippen LogP contribution in [0, 0.1) is 13.8 Å². The normalized spacial score (nSPS) is 11.0. The molecule has 3 aromatic heterocycles. The van der Waals surface area contributed by atoms with Crippen LogP contribution in [-0.2, 0) is 6.54 Å². The Kier molecular flexibility index (Phi) is 4.18. The molecule has 26 heavy (non-hydrogen) atoms. The third-order valence-electron chi connectivity index (χ3n) is 3.88. The lowest BCUT2D eigenvalue weighted by atomic mass is 10.1. The Morgan fingerprint density at radius 1 is 1.08 bits per heavy atom. The Morgan fingerprint density at radius 2 is 1.96 bits per heavy atom. The van der Waals surface area contributed by atoms with E-state index in [2.05, 4.69) is 30.5 Å². The number of nitrogens with one attached hydrogen (secondary N) is 1. The molecule has 130 valence electrons. The lowest BCUT2D eigenvalue weighted by molar-refractivity contribution is 0.480. The van der Waals surface area contributed by atoms with Crippen molar-refractivity contribution in [1.29, 1.82) is 0 Å². The minimum Gasteiger partial charge on any atom is -0.506 e. The van der Waals surface area contributed by atoms with Crippen molar-refractivity contribution in [2.24, 2.45) is 0 Å². The number of nitrogens with zero attached hydrogens (tertiary/aromatic N) is 5. The topological polar surface area (TPSA) is 96.7 Å². The summed E-state index contributed by atoms with van der Waals surface area (Å²) < 4.78 is 0. The van der Waals surface area contributed by atoms with Crippen molar-refractivity contribution >= 4 is 28.1 Å². The van der Waals surface area contributed by atoms with Gasteiger partial charge in [-0.05, 0) is 38.1 Å². The van der Waals surface area contributed by atoms with Crippen LogP contribution in [0.4, 0.5) is 5.82 Å². The van der Waals surface area contributed by atoms with Gasteiger partial charge in [-0.3, -0.25) is 0 Å². The highest BCUT2D eigenvalue weighted by Gasteiger charge is 2.12. The van der Waals surface area contributed by atoms with Gasteiger partial charge >= 0.3 is 0 Å². The monoisotopic (exact) mass is 364 g/mol. The molecule has 0 saturated carbocycles. The fourth-order valence-corrected chi connectivity index (χ4v) is 3.35. The number of fused-ring (bicyclic) bond motifs is 1. The van der Waals surface area contributed by atoms with Crippen LogP contribution in [0.15, 0.2) is 36.8 Å². The van der Waals surface area contributed by atoms with Gasteiger partial charge in [0.15, 0.2) is 0 Å². The van der Waals surface area contributed by atoms with Crippen molar-refractivity contribution in [3.05, 3.63) is 53.1 Å². The second-order valence-electron chi connectivity index (χ2n) is 5.91. The number of rotatable bonds is 4. The van der Waals surface area contributed by atoms with E-state index in [1.165, 1.54) is 6.33 Å². The first-order valence-corrected chi connectivity index (χ1v) is 8.85. The zero-order valence-electron chi connectivity index (χ0n) is 14.3. The van der Waals surface area contributed by atoms with Crippen molar-refractivity contribution < 1.29 is 5.11 Å². The molecule has 0 radical (unpaired) electrons. The molecule has 4 rings (SSSR count). The minimum absolute atomic E-state index is 0.103. The molecular weight excluding hydrogens is 348 g/mol. The zero-order valence-corrected chi connectivity index (χ0v) is 15.1. The fourth-order valence-electron chi connectivity index (χ4n) is 2.60. The van der Waals surface area contributed by atoms with E-state index < -0.39 is 0 Å². The first kappa shape index (κ1) is 16.3. The van der Waals surface area contributed by atoms with Crippen molar-refractivity contribution in [2.45, 2.75) is 20.4 Å². The molecule has 0 aliphatic heterocycles. The average molecular weight is 364 g/mol. The predicted molar refractivity (Wildman–Crippen MR) is 101 cm³/mol. The van der Waals surface area contributed by atoms with Gasteiger partial charge < -0.3 is 10.4 Å². The molecule has 1 aromatic carbocycles. The summed E-state index contributed by atoms with van der Waals surface area (Å²) in [4.78, 5) is 14.0. The average Bonchev–Trinajstić information content (AvgIpc) is 3.08. The van der Waals surface area contributed by atoms with Crippen LogP contribution >= 0.6 is 11.3 Å². The first-order valence-electron chi connectivity index (χ1n) is 8.04. The van der Waals surface area contributed by atoms with Gasteiger partial charge in [-0.2, -0.15) is 10.2 Å². The molecule has 0 spiro atoms. The van der Waals surface area contributed by atoms with Crippen LogP contribution in [0.1, 0.15) is 16.3 Å². The summed E-state index contributed by atoms with van der Waals surface area (Å²) in [7, 11) is 0. The summed E-state index contributed by atoms with van der Waals surface area (Å²) in [5, 5.41) is 23.4. The van der Waals surface area contributed by atoms with Gasteiger partial charge in [0.2, 0.25) is 0 Å². The maximum absolute atomic E-state index is 10.4. The number of anilines is 1. The summed E-state index contributed by atoms with van der Waals surface area (Å²) in [6.07, 6.45) is 3.25. The summed E-state index contributed by atoms with van der Waals surface area (Å²) in [5.41, 5.74) is 3.00. The number of aryl methyl sites for hydroxylation is 2. The number of aromatic hydroxyl groups is 1. The molecule has 0 unspecified atom stereocenters. The van der Waals surface area contributed by atoms with Gasteiger partial charge in [-0.1, -0.05) is 0 Å². The first-order chi connectivity index (χ1) is 12.6. The lowest BCUT2D eigenvalue weighted by Crippen LogP contribution is -2.05. The van der Waals surface area contributed by atoms with E-state index in [-0.39, 0.29) is 5.75 Å². The largest absolute Gasteiger partial charge is 0.506 e. The van der Waals surface area contributed by atoms with Crippen LogP contribution in [0.5, 0.6) is 5.75 Å². The number of benzene rings is 1. The third kappa shape index (κ3) is 3.18. The van der Waals surface area contributed by atoms with Gasteiger partial charge in [0, 0.05) is 22.0 Å². The number of thiazole rings is 1. The number of phenolic OH excluding ortho intramolecular Hbond substituents is 1. The zero-order chi connectivity index (χ0) is 18.1. The lowest BCUT2D eigenvalue weighted by Gasteiger charge is -2.10. The van der Waals surface area contributed by atoms with Crippen LogP contribution < -0.4 is 5.32 Å². The van der Waals surface area contributed by atoms with Gasteiger partial charge in [0.05, 0.1) is 17.9 Å². The molecule has 0 fully saturated rings. The summed E-state index contributed by atoms with van der Waals surface area (Å²) in [6, 6.07) is 7.45. The van der Waals surface area contributed by atoms with E-state index in [0.717, 1.165) is 32.2 Å². The molecule has 3 heterocycles. The molecule has 0 aliphatic rings.